The number of nitrogens with zero attached hydrogens (tertiary/aromatic N) is 2. The lowest BCUT2D eigenvalue weighted by Crippen LogP contribution is -2.02. The fourth-order valence-corrected chi connectivity index (χ4v) is 2.76. The summed E-state index contributed by atoms with van der Waals surface area (Å²) in [6, 6.07) is 14.1. The number of imidazole rings is 1. The first-order valence-electron chi connectivity index (χ1n) is 6.25. The van der Waals surface area contributed by atoms with Crippen molar-refractivity contribution in [3.63, 3.8) is 0 Å². The molecule has 0 atom stereocenters. The van der Waals surface area contributed by atoms with Gasteiger partial charge in [0, 0.05) is 22.7 Å². The average molecular weight is 267 g/mol. The minimum atomic E-state index is 0.749. The molecule has 0 bridgehead atoms. The van der Waals surface area contributed by atoms with Gasteiger partial charge in [-0.05, 0) is 30.3 Å². The van der Waals surface area contributed by atoms with Gasteiger partial charge in [0.1, 0.15) is 5.82 Å². The highest BCUT2D eigenvalue weighted by molar-refractivity contribution is 6.30. The largest absolute Gasteiger partial charge is 0.320 e. The van der Waals surface area contributed by atoms with Crippen LogP contribution in [0.4, 0.5) is 0 Å². The zero-order valence-corrected chi connectivity index (χ0v) is 10.9. The molecule has 19 heavy (non-hydrogen) atoms. The van der Waals surface area contributed by atoms with E-state index in [0.717, 1.165) is 28.5 Å². The molecule has 1 aliphatic rings. The molecule has 4 rings (SSSR count). The van der Waals surface area contributed by atoms with Gasteiger partial charge < -0.3 is 4.57 Å². The third-order valence-corrected chi connectivity index (χ3v) is 3.74. The van der Waals surface area contributed by atoms with Gasteiger partial charge in [0.2, 0.25) is 0 Å². The molecular formula is C16H11ClN2. The van der Waals surface area contributed by atoms with Gasteiger partial charge in [0.15, 0.2) is 0 Å². The first kappa shape index (κ1) is 10.8. The Kier molecular flexibility index (Phi) is 2.26. The Morgan fingerprint density at radius 1 is 1.05 bits per heavy atom. The maximum absolute atomic E-state index is 5.95. The Morgan fingerprint density at radius 3 is 2.74 bits per heavy atom. The second-order valence-electron chi connectivity index (χ2n) is 4.67. The summed E-state index contributed by atoms with van der Waals surface area (Å²) in [5.74, 6) is 1.00. The van der Waals surface area contributed by atoms with Crippen molar-refractivity contribution in [3.8, 4) is 11.4 Å². The van der Waals surface area contributed by atoms with Crippen LogP contribution in [0.15, 0.2) is 48.5 Å². The van der Waals surface area contributed by atoms with Crippen LogP contribution in [0.5, 0.6) is 0 Å². The van der Waals surface area contributed by atoms with Crippen LogP contribution >= 0.6 is 11.6 Å². The first-order chi connectivity index (χ1) is 9.33. The molecule has 0 unspecified atom stereocenters. The van der Waals surface area contributed by atoms with E-state index in [1.165, 1.54) is 11.1 Å². The lowest BCUT2D eigenvalue weighted by Gasteiger charge is -2.12. The quantitative estimate of drug-likeness (QED) is 0.639. The Bertz CT molecular complexity index is 797. The van der Waals surface area contributed by atoms with Crippen molar-refractivity contribution < 1.29 is 0 Å². The lowest BCUT2D eigenvalue weighted by atomic mass is 10.1. The van der Waals surface area contributed by atoms with Crippen LogP contribution < -0.4 is 0 Å². The van der Waals surface area contributed by atoms with Gasteiger partial charge in [-0.1, -0.05) is 35.9 Å². The maximum atomic E-state index is 5.95. The topological polar surface area (TPSA) is 17.8 Å². The Morgan fingerprint density at radius 2 is 1.89 bits per heavy atom. The molecule has 1 aromatic heterocycles. The lowest BCUT2D eigenvalue weighted by molar-refractivity contribution is 0.855. The molecule has 2 heterocycles. The predicted octanol–water partition coefficient (Wildman–Crippen LogP) is 4.38. The van der Waals surface area contributed by atoms with Gasteiger partial charge in [-0.3, -0.25) is 0 Å². The number of rotatable bonds is 1. The van der Waals surface area contributed by atoms with E-state index in [1.54, 1.807) is 0 Å². The SMILES string of the molecule is Clc1ccc(-c2nc3cccc4c3n2CC=C4)cc1. The second kappa shape index (κ2) is 3.97. The Hall–Kier alpha value is -2.06. The minimum absolute atomic E-state index is 0.749. The highest BCUT2D eigenvalue weighted by atomic mass is 35.5. The fraction of sp³-hybridized carbons (Fsp3) is 0.0625. The van der Waals surface area contributed by atoms with Crippen LogP contribution in [-0.2, 0) is 6.54 Å². The van der Waals surface area contributed by atoms with E-state index in [1.807, 2.05) is 24.3 Å². The van der Waals surface area contributed by atoms with Gasteiger partial charge in [-0.2, -0.15) is 0 Å². The maximum Gasteiger partial charge on any atom is 0.141 e. The average Bonchev–Trinajstić information content (AvgIpc) is 2.82. The highest BCUT2D eigenvalue weighted by Gasteiger charge is 2.15. The summed E-state index contributed by atoms with van der Waals surface area (Å²) in [5, 5.41) is 0.749. The van der Waals surface area contributed by atoms with Crippen molar-refractivity contribution >= 4 is 28.7 Å². The summed E-state index contributed by atoms with van der Waals surface area (Å²) in [6.07, 6.45) is 4.33. The molecule has 92 valence electrons. The zero-order valence-electron chi connectivity index (χ0n) is 10.2. The molecule has 0 amide bonds. The van der Waals surface area contributed by atoms with Gasteiger partial charge in [-0.15, -0.1) is 0 Å². The van der Waals surface area contributed by atoms with Crippen molar-refractivity contribution in [2.75, 3.05) is 0 Å². The van der Waals surface area contributed by atoms with Crippen LogP contribution in [0.3, 0.4) is 0 Å². The number of halogens is 1. The molecule has 3 aromatic rings. The number of aromatic nitrogens is 2. The van der Waals surface area contributed by atoms with E-state index in [4.69, 9.17) is 16.6 Å². The second-order valence-corrected chi connectivity index (χ2v) is 5.11. The smallest absolute Gasteiger partial charge is 0.141 e. The van der Waals surface area contributed by atoms with Crippen LogP contribution in [0.2, 0.25) is 5.02 Å². The van der Waals surface area contributed by atoms with Crippen LogP contribution in [0, 0.1) is 0 Å². The highest BCUT2D eigenvalue weighted by Crippen LogP contribution is 2.30. The molecule has 3 heteroatoms. The molecule has 2 nitrogen and oxygen atoms in total. The molecule has 0 radical (unpaired) electrons. The van der Waals surface area contributed by atoms with Crippen LogP contribution in [0.25, 0.3) is 28.5 Å². The van der Waals surface area contributed by atoms with E-state index in [9.17, 15) is 0 Å². The van der Waals surface area contributed by atoms with Crippen LogP contribution in [0.1, 0.15) is 5.56 Å². The molecule has 0 N–H and O–H groups in total. The van der Waals surface area contributed by atoms with Crippen molar-refractivity contribution in [3.05, 3.63) is 59.1 Å². The van der Waals surface area contributed by atoms with Crippen molar-refractivity contribution in [2.24, 2.45) is 0 Å². The van der Waals surface area contributed by atoms with E-state index in [2.05, 4.69) is 34.9 Å². The molecule has 0 saturated heterocycles. The molecule has 2 aromatic carbocycles. The fourth-order valence-electron chi connectivity index (χ4n) is 2.63. The summed E-state index contributed by atoms with van der Waals surface area (Å²) in [5.41, 5.74) is 4.60. The third kappa shape index (κ3) is 1.60. The van der Waals surface area contributed by atoms with Crippen molar-refractivity contribution in [1.29, 1.82) is 0 Å². The monoisotopic (exact) mass is 266 g/mol. The molecular weight excluding hydrogens is 256 g/mol. The van der Waals surface area contributed by atoms with Crippen LogP contribution in [-0.4, -0.2) is 9.55 Å². The standard InChI is InChI=1S/C16H11ClN2/c17-13-8-6-12(7-9-13)16-18-14-5-1-3-11-4-2-10-19(16)15(11)14/h1-9H,10H2. The third-order valence-electron chi connectivity index (χ3n) is 3.49. The predicted molar refractivity (Wildman–Crippen MR) is 79.2 cm³/mol. The van der Waals surface area contributed by atoms with E-state index in [0.29, 0.717) is 0 Å². The van der Waals surface area contributed by atoms with E-state index in [-0.39, 0.29) is 0 Å². The molecule has 0 fully saturated rings. The number of para-hydroxylation sites is 1. The van der Waals surface area contributed by atoms with E-state index < -0.39 is 0 Å². The number of allylic oxidation sites excluding steroid dienone is 1. The van der Waals surface area contributed by atoms with Gasteiger partial charge in [-0.25, -0.2) is 4.98 Å². The normalized spacial score (nSPS) is 13.1. The van der Waals surface area contributed by atoms with Gasteiger partial charge in [0.25, 0.3) is 0 Å². The Labute approximate surface area is 116 Å². The van der Waals surface area contributed by atoms with Gasteiger partial charge in [0.05, 0.1) is 11.0 Å². The summed E-state index contributed by atoms with van der Waals surface area (Å²) >= 11 is 5.95. The molecule has 1 aliphatic heterocycles. The summed E-state index contributed by atoms with van der Waals surface area (Å²) in [4.78, 5) is 4.76. The molecule has 0 spiro atoms. The Balaban J connectivity index is 2.02. The van der Waals surface area contributed by atoms with Crippen molar-refractivity contribution in [1.82, 2.24) is 9.55 Å². The zero-order chi connectivity index (χ0) is 12.8. The van der Waals surface area contributed by atoms with E-state index >= 15 is 0 Å². The summed E-state index contributed by atoms with van der Waals surface area (Å²) < 4.78 is 2.26. The summed E-state index contributed by atoms with van der Waals surface area (Å²) in [6.45, 7) is 0.867. The number of hydrogen-bond donors (Lipinski definition) is 0. The van der Waals surface area contributed by atoms with Gasteiger partial charge >= 0.3 is 0 Å². The minimum Gasteiger partial charge on any atom is -0.320 e. The first-order valence-corrected chi connectivity index (χ1v) is 6.62. The summed E-state index contributed by atoms with van der Waals surface area (Å²) in [7, 11) is 0. The molecule has 0 aliphatic carbocycles. The number of hydrogen-bond acceptors (Lipinski definition) is 1. The number of benzene rings is 2. The molecule has 0 saturated carbocycles. The van der Waals surface area contributed by atoms with Crippen molar-refractivity contribution in [2.45, 2.75) is 6.54 Å².